The highest BCUT2D eigenvalue weighted by molar-refractivity contribution is 14.0. The number of amides is 1. The van der Waals surface area contributed by atoms with Crippen molar-refractivity contribution in [1.82, 2.24) is 10.2 Å². The highest BCUT2D eigenvalue weighted by atomic mass is 127. The van der Waals surface area contributed by atoms with Gasteiger partial charge in [-0.05, 0) is 50.3 Å². The van der Waals surface area contributed by atoms with Gasteiger partial charge in [-0.25, -0.2) is 9.18 Å². The summed E-state index contributed by atoms with van der Waals surface area (Å²) in [5, 5.41) is 3.30. The van der Waals surface area contributed by atoms with E-state index in [0.717, 1.165) is 44.1 Å². The Morgan fingerprint density at radius 2 is 1.90 bits per heavy atom. The number of carbonyl (C=O) groups is 1. The zero-order valence-electron chi connectivity index (χ0n) is 17.0. The Balaban J connectivity index is 0.00000300. The molecule has 8 heteroatoms. The minimum Gasteiger partial charge on any atom is -0.450 e. The monoisotopic (exact) mass is 518 g/mol. The number of halogens is 2. The first-order chi connectivity index (χ1) is 13.5. The normalized spacial score (nSPS) is 19.5. The number of rotatable bonds is 5. The van der Waals surface area contributed by atoms with Crippen LogP contribution in [0.1, 0.15) is 51.0 Å². The molecule has 3 rings (SSSR count). The number of guanidine groups is 1. The number of likely N-dealkylation sites (tertiary alicyclic amines) is 1. The van der Waals surface area contributed by atoms with Crippen molar-refractivity contribution in [3.05, 3.63) is 35.6 Å². The second kappa shape index (κ2) is 11.0. The van der Waals surface area contributed by atoms with Gasteiger partial charge in [0.2, 0.25) is 0 Å². The lowest BCUT2D eigenvalue weighted by Gasteiger charge is -2.32. The molecule has 1 aliphatic heterocycles. The van der Waals surface area contributed by atoms with Crippen LogP contribution in [0.3, 0.4) is 0 Å². The van der Waals surface area contributed by atoms with Crippen LogP contribution in [0.15, 0.2) is 29.3 Å². The molecular formula is C21H32FIN4O2. The summed E-state index contributed by atoms with van der Waals surface area (Å²) in [5.74, 6) is 0.235. The summed E-state index contributed by atoms with van der Waals surface area (Å²) in [4.78, 5) is 18.2. The van der Waals surface area contributed by atoms with Gasteiger partial charge in [0.05, 0.1) is 13.2 Å². The predicted octanol–water partition coefficient (Wildman–Crippen LogP) is 3.78. The fourth-order valence-electron chi connectivity index (χ4n) is 4.31. The van der Waals surface area contributed by atoms with Crippen molar-refractivity contribution >= 4 is 36.0 Å². The Morgan fingerprint density at radius 3 is 2.48 bits per heavy atom. The predicted molar refractivity (Wildman–Crippen MR) is 123 cm³/mol. The van der Waals surface area contributed by atoms with Crippen molar-refractivity contribution < 1.29 is 13.9 Å². The first-order valence-corrected chi connectivity index (χ1v) is 10.3. The van der Waals surface area contributed by atoms with Gasteiger partial charge in [-0.2, -0.15) is 0 Å². The fraction of sp³-hybridized carbons (Fsp3) is 0.619. The molecule has 1 saturated carbocycles. The van der Waals surface area contributed by atoms with Gasteiger partial charge in [-0.3, -0.25) is 4.99 Å². The summed E-state index contributed by atoms with van der Waals surface area (Å²) in [6.07, 6.45) is 5.81. The Bertz CT molecular complexity index is 684. The van der Waals surface area contributed by atoms with Crippen molar-refractivity contribution in [2.45, 2.75) is 56.9 Å². The molecule has 1 aliphatic carbocycles. The van der Waals surface area contributed by atoms with Crippen molar-refractivity contribution in [2.75, 3.05) is 26.2 Å². The van der Waals surface area contributed by atoms with Gasteiger partial charge >= 0.3 is 6.09 Å². The van der Waals surface area contributed by atoms with E-state index in [0.29, 0.717) is 32.2 Å². The molecule has 0 spiro atoms. The van der Waals surface area contributed by atoms with Gasteiger partial charge in [0.25, 0.3) is 0 Å². The van der Waals surface area contributed by atoms with Crippen LogP contribution in [-0.2, 0) is 10.2 Å². The summed E-state index contributed by atoms with van der Waals surface area (Å²) < 4.78 is 18.4. The molecule has 0 bridgehead atoms. The molecular weight excluding hydrogens is 486 g/mol. The van der Waals surface area contributed by atoms with Crippen LogP contribution in [0.4, 0.5) is 9.18 Å². The molecule has 0 unspecified atom stereocenters. The quantitative estimate of drug-likeness (QED) is 0.353. The minimum absolute atomic E-state index is 0. The van der Waals surface area contributed by atoms with E-state index in [1.807, 2.05) is 19.1 Å². The third kappa shape index (κ3) is 6.20. The Kier molecular flexibility index (Phi) is 8.98. The number of nitrogens with one attached hydrogen (secondary N) is 1. The maximum atomic E-state index is 13.3. The lowest BCUT2D eigenvalue weighted by molar-refractivity contribution is 0.0963. The third-order valence-corrected chi connectivity index (χ3v) is 5.94. The minimum atomic E-state index is -0.245. The highest BCUT2D eigenvalue weighted by Gasteiger charge is 2.35. The zero-order valence-corrected chi connectivity index (χ0v) is 19.4. The van der Waals surface area contributed by atoms with Gasteiger partial charge < -0.3 is 20.7 Å². The van der Waals surface area contributed by atoms with Gasteiger partial charge in [-0.15, -0.1) is 24.0 Å². The molecule has 162 valence electrons. The molecule has 1 heterocycles. The highest BCUT2D eigenvalue weighted by Crippen LogP contribution is 2.41. The van der Waals surface area contributed by atoms with Crippen LogP contribution in [0, 0.1) is 5.82 Å². The molecule has 1 saturated heterocycles. The smallest absolute Gasteiger partial charge is 0.409 e. The largest absolute Gasteiger partial charge is 0.450 e. The molecule has 3 N–H and O–H groups in total. The SMILES string of the molecule is CCOC(=O)N1CCC(NC(N)=NCC2(c3ccc(F)cc3)CCCC2)CC1.I. The number of piperidine rings is 1. The number of benzene rings is 1. The third-order valence-electron chi connectivity index (χ3n) is 5.94. The Morgan fingerprint density at radius 1 is 1.28 bits per heavy atom. The van der Waals surface area contributed by atoms with Gasteiger partial charge in [-0.1, -0.05) is 25.0 Å². The Hall–Kier alpha value is -1.58. The zero-order chi connectivity index (χ0) is 20.0. The molecule has 6 nitrogen and oxygen atoms in total. The molecule has 1 aromatic rings. The van der Waals surface area contributed by atoms with Crippen molar-refractivity contribution in [1.29, 1.82) is 0 Å². The van der Waals surface area contributed by atoms with Crippen LogP contribution in [0.2, 0.25) is 0 Å². The van der Waals surface area contributed by atoms with Crippen LogP contribution in [0.25, 0.3) is 0 Å². The molecule has 2 fully saturated rings. The van der Waals surface area contributed by atoms with E-state index in [2.05, 4.69) is 10.3 Å². The van der Waals surface area contributed by atoms with E-state index in [9.17, 15) is 9.18 Å². The van der Waals surface area contributed by atoms with Crippen LogP contribution >= 0.6 is 24.0 Å². The van der Waals surface area contributed by atoms with E-state index in [4.69, 9.17) is 10.5 Å². The van der Waals surface area contributed by atoms with Gasteiger partial charge in [0, 0.05) is 24.5 Å². The number of hydrogen-bond acceptors (Lipinski definition) is 3. The maximum Gasteiger partial charge on any atom is 0.409 e. The summed E-state index contributed by atoms with van der Waals surface area (Å²) in [6.45, 7) is 4.13. The summed E-state index contributed by atoms with van der Waals surface area (Å²) in [6, 6.07) is 7.02. The topological polar surface area (TPSA) is 80.0 Å². The molecule has 0 radical (unpaired) electrons. The number of ether oxygens (including phenoxy) is 1. The maximum absolute atomic E-state index is 13.3. The molecule has 29 heavy (non-hydrogen) atoms. The lowest BCUT2D eigenvalue weighted by Crippen LogP contribution is -2.48. The number of carbonyl (C=O) groups excluding carboxylic acids is 1. The average Bonchev–Trinajstić information content (AvgIpc) is 3.18. The summed E-state index contributed by atoms with van der Waals surface area (Å²) in [5.41, 5.74) is 7.26. The fourth-order valence-corrected chi connectivity index (χ4v) is 4.31. The van der Waals surface area contributed by atoms with Crippen LogP contribution in [0.5, 0.6) is 0 Å². The van der Waals surface area contributed by atoms with Crippen molar-refractivity contribution in [3.8, 4) is 0 Å². The second-order valence-corrected chi connectivity index (χ2v) is 7.80. The van der Waals surface area contributed by atoms with E-state index in [1.54, 1.807) is 4.90 Å². The number of aliphatic imine (C=N–C) groups is 1. The average molecular weight is 518 g/mol. The summed E-state index contributed by atoms with van der Waals surface area (Å²) in [7, 11) is 0. The molecule has 1 amide bonds. The van der Waals surface area contributed by atoms with E-state index in [1.165, 1.54) is 12.1 Å². The molecule has 2 aliphatic rings. The van der Waals surface area contributed by atoms with Gasteiger partial charge in [0.1, 0.15) is 5.82 Å². The van der Waals surface area contributed by atoms with E-state index in [-0.39, 0.29) is 47.3 Å². The van der Waals surface area contributed by atoms with E-state index >= 15 is 0 Å². The standard InChI is InChI=1S/C21H31FN4O2.HI/c1-2-28-20(27)26-13-9-18(10-14-26)25-19(23)24-15-21(11-3-4-12-21)16-5-7-17(22)8-6-16;/h5-8,18H,2-4,9-15H2,1H3,(H3,23,24,25);1H. The van der Waals surface area contributed by atoms with Crippen LogP contribution < -0.4 is 11.1 Å². The van der Waals surface area contributed by atoms with Crippen LogP contribution in [-0.4, -0.2) is 49.2 Å². The first kappa shape index (κ1) is 23.7. The number of nitrogens with two attached hydrogens (primary N) is 1. The lowest BCUT2D eigenvalue weighted by atomic mass is 9.79. The van der Waals surface area contributed by atoms with Gasteiger partial charge in [0.15, 0.2) is 5.96 Å². The Labute approximate surface area is 189 Å². The van der Waals surface area contributed by atoms with E-state index < -0.39 is 0 Å². The summed E-state index contributed by atoms with van der Waals surface area (Å²) >= 11 is 0. The molecule has 1 aromatic carbocycles. The number of nitrogens with zero attached hydrogens (tertiary/aromatic N) is 2. The molecule has 0 atom stereocenters. The van der Waals surface area contributed by atoms with Crippen molar-refractivity contribution in [2.24, 2.45) is 10.7 Å². The number of hydrogen-bond donors (Lipinski definition) is 2. The second-order valence-electron chi connectivity index (χ2n) is 7.80. The van der Waals surface area contributed by atoms with Crippen molar-refractivity contribution in [3.63, 3.8) is 0 Å². The molecule has 0 aromatic heterocycles. The first-order valence-electron chi connectivity index (χ1n) is 10.3.